The number of nitrogens with zero attached hydrogens (tertiary/aromatic N) is 2. The second-order valence-corrected chi connectivity index (χ2v) is 8.95. The number of pyridine rings is 1. The summed E-state index contributed by atoms with van der Waals surface area (Å²) < 4.78 is 58.9. The van der Waals surface area contributed by atoms with Gasteiger partial charge in [-0.25, -0.2) is 9.37 Å². The average Bonchev–Trinajstić information content (AvgIpc) is 2.82. The van der Waals surface area contributed by atoms with Gasteiger partial charge in [-0.2, -0.15) is 13.2 Å². The molecule has 190 valence electrons. The smallest absolute Gasteiger partial charge is 0.416 e. The number of rotatable bonds is 5. The second-order valence-electron chi connectivity index (χ2n) is 8.95. The van der Waals surface area contributed by atoms with Crippen LogP contribution in [0.4, 0.5) is 23.4 Å². The summed E-state index contributed by atoms with van der Waals surface area (Å²) in [5.41, 5.74) is 6.38. The van der Waals surface area contributed by atoms with Crippen LogP contribution in [0.5, 0.6) is 5.75 Å². The largest absolute Gasteiger partial charge is 0.485 e. The molecule has 1 fully saturated rings. The zero-order chi connectivity index (χ0) is 26.0. The van der Waals surface area contributed by atoms with Crippen molar-refractivity contribution >= 4 is 11.7 Å². The van der Waals surface area contributed by atoms with Gasteiger partial charge in [0, 0.05) is 48.1 Å². The van der Waals surface area contributed by atoms with Crippen molar-refractivity contribution in [3.05, 3.63) is 77.2 Å². The van der Waals surface area contributed by atoms with Gasteiger partial charge in [0.2, 0.25) is 0 Å². The normalized spacial score (nSPS) is 18.2. The predicted molar refractivity (Wildman–Crippen MR) is 128 cm³/mol. The first-order valence-corrected chi connectivity index (χ1v) is 11.4. The highest BCUT2D eigenvalue weighted by Gasteiger charge is 2.33. The van der Waals surface area contributed by atoms with Gasteiger partial charge in [-0.05, 0) is 55.8 Å². The van der Waals surface area contributed by atoms with Crippen LogP contribution in [0.25, 0.3) is 11.1 Å². The molecule has 0 bridgehead atoms. The van der Waals surface area contributed by atoms with E-state index >= 15 is 0 Å². The number of piperazine rings is 1. The number of hydrogen-bond donors (Lipinski definition) is 2. The van der Waals surface area contributed by atoms with Gasteiger partial charge in [-0.1, -0.05) is 12.1 Å². The molecule has 6 nitrogen and oxygen atoms in total. The molecule has 1 amide bonds. The molecule has 1 aliphatic heterocycles. The molecule has 4 rings (SSSR count). The number of hydrogen-bond acceptors (Lipinski definition) is 5. The molecule has 3 aromatic rings. The molecule has 0 aliphatic carbocycles. The molecule has 10 heteroatoms. The predicted octanol–water partition coefficient (Wildman–Crippen LogP) is 4.89. The third kappa shape index (κ3) is 5.76. The van der Waals surface area contributed by atoms with Crippen molar-refractivity contribution in [3.63, 3.8) is 0 Å². The Hall–Kier alpha value is -3.66. The summed E-state index contributed by atoms with van der Waals surface area (Å²) in [6.07, 6.45) is -3.15. The lowest BCUT2D eigenvalue weighted by Gasteiger charge is -2.36. The van der Waals surface area contributed by atoms with E-state index in [0.717, 1.165) is 12.1 Å². The molecular formula is C26H26F4N4O2. The topological polar surface area (TPSA) is 80.5 Å². The summed E-state index contributed by atoms with van der Waals surface area (Å²) in [6.45, 7) is 4.76. The summed E-state index contributed by atoms with van der Waals surface area (Å²) in [7, 11) is 0. The zero-order valence-electron chi connectivity index (χ0n) is 19.8. The fraction of sp³-hybridized carbons (Fsp3) is 0.308. The standard InChI is InChI=1S/C26H26F4N4O2/c1-15-12-34(13-16(2)33-15)25(35)18-5-3-17(4-6-18)19-10-23(24(31)32-11-19)36-14-20-9-21(27)7-8-22(20)26(28,29)30/h3-11,15-16,33H,12-14H2,1-2H3,(H2,31,32). The number of nitrogens with two attached hydrogens (primary N) is 1. The maximum absolute atomic E-state index is 13.6. The second kappa shape index (κ2) is 10.1. The Kier molecular flexibility index (Phi) is 7.16. The monoisotopic (exact) mass is 502 g/mol. The van der Waals surface area contributed by atoms with E-state index < -0.39 is 24.2 Å². The molecule has 3 N–H and O–H groups in total. The van der Waals surface area contributed by atoms with Crippen molar-refractivity contribution in [2.75, 3.05) is 18.8 Å². The molecule has 2 aromatic carbocycles. The van der Waals surface area contributed by atoms with Crippen molar-refractivity contribution in [2.45, 2.75) is 38.7 Å². The minimum Gasteiger partial charge on any atom is -0.485 e. The van der Waals surface area contributed by atoms with E-state index in [1.54, 1.807) is 30.3 Å². The van der Waals surface area contributed by atoms with E-state index in [2.05, 4.69) is 10.3 Å². The number of benzene rings is 2. The Bertz CT molecular complexity index is 1240. The van der Waals surface area contributed by atoms with Crippen LogP contribution in [0.2, 0.25) is 0 Å². The van der Waals surface area contributed by atoms with Crippen LogP contribution in [0.15, 0.2) is 54.7 Å². The van der Waals surface area contributed by atoms with Gasteiger partial charge < -0.3 is 20.7 Å². The lowest BCUT2D eigenvalue weighted by molar-refractivity contribution is -0.138. The average molecular weight is 503 g/mol. The van der Waals surface area contributed by atoms with E-state index in [4.69, 9.17) is 10.5 Å². The number of nitrogen functional groups attached to an aromatic ring is 1. The SMILES string of the molecule is CC1CN(C(=O)c2ccc(-c3cnc(N)c(OCc4cc(F)ccc4C(F)(F)F)c3)cc2)CC(C)N1. The zero-order valence-corrected chi connectivity index (χ0v) is 19.8. The molecule has 0 radical (unpaired) electrons. The quantitative estimate of drug-likeness (QED) is 0.486. The molecule has 0 spiro atoms. The number of anilines is 1. The molecule has 1 aromatic heterocycles. The molecule has 1 aliphatic rings. The first-order valence-electron chi connectivity index (χ1n) is 11.4. The van der Waals surface area contributed by atoms with E-state index in [9.17, 15) is 22.4 Å². The highest BCUT2D eigenvalue weighted by atomic mass is 19.4. The van der Waals surface area contributed by atoms with E-state index in [-0.39, 0.29) is 35.1 Å². The maximum atomic E-state index is 13.6. The maximum Gasteiger partial charge on any atom is 0.416 e. The number of alkyl halides is 3. The third-order valence-corrected chi connectivity index (χ3v) is 5.95. The fourth-order valence-electron chi connectivity index (χ4n) is 4.32. The van der Waals surface area contributed by atoms with Crippen LogP contribution in [0, 0.1) is 5.82 Å². The number of amides is 1. The van der Waals surface area contributed by atoms with Gasteiger partial charge in [0.25, 0.3) is 5.91 Å². The van der Waals surface area contributed by atoms with Crippen LogP contribution in [0.3, 0.4) is 0 Å². The first kappa shape index (κ1) is 25.4. The Morgan fingerprint density at radius 3 is 2.39 bits per heavy atom. The Balaban J connectivity index is 1.51. The van der Waals surface area contributed by atoms with Crippen LogP contribution >= 0.6 is 0 Å². The van der Waals surface area contributed by atoms with E-state index in [1.807, 2.05) is 18.7 Å². The molecule has 36 heavy (non-hydrogen) atoms. The number of carbonyl (C=O) groups excluding carboxylic acids is 1. The van der Waals surface area contributed by atoms with Crippen LogP contribution in [-0.2, 0) is 12.8 Å². The molecule has 2 unspecified atom stereocenters. The Morgan fingerprint density at radius 2 is 1.75 bits per heavy atom. The van der Waals surface area contributed by atoms with E-state index in [0.29, 0.717) is 35.8 Å². The van der Waals surface area contributed by atoms with Crippen LogP contribution < -0.4 is 15.8 Å². The number of halogens is 4. The van der Waals surface area contributed by atoms with Gasteiger partial charge in [-0.3, -0.25) is 4.79 Å². The summed E-state index contributed by atoms with van der Waals surface area (Å²) >= 11 is 0. The summed E-state index contributed by atoms with van der Waals surface area (Å²) in [6, 6.07) is 11.1. The lowest BCUT2D eigenvalue weighted by Crippen LogP contribution is -2.55. The van der Waals surface area contributed by atoms with Crippen molar-refractivity contribution in [2.24, 2.45) is 0 Å². The van der Waals surface area contributed by atoms with Crippen molar-refractivity contribution in [3.8, 4) is 16.9 Å². The number of carbonyl (C=O) groups is 1. The first-order chi connectivity index (χ1) is 17.0. The molecule has 0 saturated carbocycles. The van der Waals surface area contributed by atoms with Gasteiger partial charge in [0.05, 0.1) is 5.56 Å². The minimum absolute atomic E-state index is 0.0162. The number of aromatic nitrogens is 1. The van der Waals surface area contributed by atoms with Crippen molar-refractivity contribution in [1.82, 2.24) is 15.2 Å². The highest BCUT2D eigenvalue weighted by molar-refractivity contribution is 5.95. The third-order valence-electron chi connectivity index (χ3n) is 5.95. The van der Waals surface area contributed by atoms with Gasteiger partial charge in [0.15, 0.2) is 11.6 Å². The van der Waals surface area contributed by atoms with Gasteiger partial charge in [-0.15, -0.1) is 0 Å². The Morgan fingerprint density at radius 1 is 1.08 bits per heavy atom. The minimum atomic E-state index is -4.65. The van der Waals surface area contributed by atoms with E-state index in [1.165, 1.54) is 6.20 Å². The molecular weight excluding hydrogens is 476 g/mol. The van der Waals surface area contributed by atoms with Crippen LogP contribution in [-0.4, -0.2) is 41.0 Å². The highest BCUT2D eigenvalue weighted by Crippen LogP contribution is 2.34. The Labute approximate surface area is 206 Å². The summed E-state index contributed by atoms with van der Waals surface area (Å²) in [5, 5.41) is 3.39. The van der Waals surface area contributed by atoms with Crippen molar-refractivity contribution in [1.29, 1.82) is 0 Å². The summed E-state index contributed by atoms with van der Waals surface area (Å²) in [4.78, 5) is 18.8. The lowest BCUT2D eigenvalue weighted by atomic mass is 10.0. The van der Waals surface area contributed by atoms with Crippen LogP contribution in [0.1, 0.15) is 35.3 Å². The number of ether oxygens (including phenoxy) is 1. The molecule has 1 saturated heterocycles. The number of nitrogens with one attached hydrogen (secondary N) is 1. The summed E-state index contributed by atoms with van der Waals surface area (Å²) in [5.74, 6) is -0.816. The fourth-order valence-corrected chi connectivity index (χ4v) is 4.32. The van der Waals surface area contributed by atoms with Crippen molar-refractivity contribution < 1.29 is 27.1 Å². The van der Waals surface area contributed by atoms with Gasteiger partial charge >= 0.3 is 6.18 Å². The van der Waals surface area contributed by atoms with Gasteiger partial charge in [0.1, 0.15) is 12.4 Å². The molecule has 2 atom stereocenters. The molecule has 2 heterocycles.